The Hall–Kier alpha value is -2.48. The van der Waals surface area contributed by atoms with E-state index in [9.17, 15) is 18.0 Å². The summed E-state index contributed by atoms with van der Waals surface area (Å²) in [4.78, 5) is 15.1. The standard InChI is InChI=1S/C26H31F3N2O3/c27-26(28,29)19-3-4-21(31-13-11-25(12-14-31)9-1-2-10-25)20(17-19)30-24(32)23-6-5-22(34-23)18-7-15-33-16-8-18/h3-6,17-18H,1-2,7-16H2,(H,30,32). The van der Waals surface area contributed by atoms with Crippen LogP contribution in [-0.2, 0) is 10.9 Å². The van der Waals surface area contributed by atoms with Gasteiger partial charge in [0.1, 0.15) is 5.76 Å². The van der Waals surface area contributed by atoms with Crippen molar-refractivity contribution in [2.45, 2.75) is 63.5 Å². The van der Waals surface area contributed by atoms with E-state index < -0.39 is 17.6 Å². The number of anilines is 2. The van der Waals surface area contributed by atoms with Crippen LogP contribution < -0.4 is 10.2 Å². The quantitative estimate of drug-likeness (QED) is 0.540. The second-order valence-electron chi connectivity index (χ2n) is 9.97. The summed E-state index contributed by atoms with van der Waals surface area (Å²) in [7, 11) is 0. The van der Waals surface area contributed by atoms with Crippen molar-refractivity contribution in [3.8, 4) is 0 Å². The second kappa shape index (κ2) is 9.29. The van der Waals surface area contributed by atoms with Crippen LogP contribution in [0.1, 0.15) is 79.2 Å². The zero-order valence-electron chi connectivity index (χ0n) is 19.3. The number of ether oxygens (including phenoxy) is 1. The number of amides is 1. The van der Waals surface area contributed by atoms with Gasteiger partial charge in [-0.2, -0.15) is 13.2 Å². The van der Waals surface area contributed by atoms with Gasteiger partial charge < -0.3 is 19.4 Å². The molecule has 3 fully saturated rings. The van der Waals surface area contributed by atoms with E-state index in [1.54, 1.807) is 12.1 Å². The van der Waals surface area contributed by atoms with Crippen LogP contribution in [0.15, 0.2) is 34.7 Å². The first kappa shape index (κ1) is 23.3. The van der Waals surface area contributed by atoms with Gasteiger partial charge in [-0.3, -0.25) is 4.79 Å². The van der Waals surface area contributed by atoms with Gasteiger partial charge in [0.25, 0.3) is 5.91 Å². The molecule has 1 aromatic carbocycles. The average molecular weight is 477 g/mol. The van der Waals surface area contributed by atoms with Crippen molar-refractivity contribution in [1.82, 2.24) is 0 Å². The number of halogens is 3. The summed E-state index contributed by atoms with van der Waals surface area (Å²) in [6.45, 7) is 2.86. The second-order valence-corrected chi connectivity index (χ2v) is 9.97. The van der Waals surface area contributed by atoms with E-state index in [1.165, 1.54) is 31.7 Å². The van der Waals surface area contributed by atoms with E-state index in [-0.39, 0.29) is 17.4 Å². The molecule has 1 amide bonds. The van der Waals surface area contributed by atoms with Crippen molar-refractivity contribution < 1.29 is 27.1 Å². The molecule has 0 radical (unpaired) electrons. The minimum atomic E-state index is -4.49. The van der Waals surface area contributed by atoms with Crippen LogP contribution in [0, 0.1) is 5.41 Å². The molecule has 1 N–H and O–H groups in total. The Labute approximate surface area is 197 Å². The third kappa shape index (κ3) is 4.83. The predicted molar refractivity (Wildman–Crippen MR) is 123 cm³/mol. The maximum absolute atomic E-state index is 13.5. The Kier molecular flexibility index (Phi) is 6.35. The molecule has 3 heterocycles. The highest BCUT2D eigenvalue weighted by Crippen LogP contribution is 2.47. The normalized spacial score (nSPS) is 21.2. The van der Waals surface area contributed by atoms with Gasteiger partial charge >= 0.3 is 6.18 Å². The van der Waals surface area contributed by atoms with Gasteiger partial charge in [-0.25, -0.2) is 0 Å². The number of furan rings is 1. The first-order valence-electron chi connectivity index (χ1n) is 12.3. The minimum absolute atomic E-state index is 0.105. The number of alkyl halides is 3. The molecule has 1 spiro atoms. The Balaban J connectivity index is 1.36. The molecule has 1 aromatic heterocycles. The molecule has 1 aliphatic carbocycles. The molecule has 8 heteroatoms. The van der Waals surface area contributed by atoms with Crippen LogP contribution in [0.5, 0.6) is 0 Å². The lowest BCUT2D eigenvalue weighted by atomic mass is 9.77. The molecule has 0 bridgehead atoms. The number of nitrogens with zero attached hydrogens (tertiary/aromatic N) is 1. The molecule has 1 saturated carbocycles. The van der Waals surface area contributed by atoms with Crippen LogP contribution in [-0.4, -0.2) is 32.2 Å². The van der Waals surface area contributed by atoms with E-state index in [0.29, 0.717) is 24.3 Å². The van der Waals surface area contributed by atoms with E-state index in [4.69, 9.17) is 9.15 Å². The van der Waals surface area contributed by atoms with Crippen molar-refractivity contribution in [2.24, 2.45) is 5.41 Å². The number of hydrogen-bond donors (Lipinski definition) is 1. The zero-order chi connectivity index (χ0) is 23.8. The van der Waals surface area contributed by atoms with Crippen molar-refractivity contribution in [1.29, 1.82) is 0 Å². The molecule has 5 rings (SSSR count). The molecule has 184 valence electrons. The molecule has 5 nitrogen and oxygen atoms in total. The van der Waals surface area contributed by atoms with Gasteiger partial charge in [-0.1, -0.05) is 12.8 Å². The SMILES string of the molecule is O=C(Nc1cc(C(F)(F)F)ccc1N1CCC2(CCCC2)CC1)c1ccc(C2CCOCC2)o1. The van der Waals surface area contributed by atoms with Gasteiger partial charge in [0.2, 0.25) is 0 Å². The molecular weight excluding hydrogens is 445 g/mol. The fourth-order valence-electron chi connectivity index (χ4n) is 5.80. The third-order valence-corrected chi connectivity index (χ3v) is 7.88. The topological polar surface area (TPSA) is 54.7 Å². The number of rotatable bonds is 4. The fourth-order valence-corrected chi connectivity index (χ4v) is 5.80. The maximum Gasteiger partial charge on any atom is 0.416 e. The first-order valence-corrected chi connectivity index (χ1v) is 12.3. The number of hydrogen-bond acceptors (Lipinski definition) is 4. The summed E-state index contributed by atoms with van der Waals surface area (Å²) in [6.07, 6.45) is 4.24. The van der Waals surface area contributed by atoms with Gasteiger partial charge in [-0.05, 0) is 74.3 Å². The van der Waals surface area contributed by atoms with Crippen LogP contribution in [0.3, 0.4) is 0 Å². The number of nitrogens with one attached hydrogen (secondary N) is 1. The summed E-state index contributed by atoms with van der Waals surface area (Å²) < 4.78 is 51.5. The minimum Gasteiger partial charge on any atom is -0.456 e. The van der Waals surface area contributed by atoms with Crippen molar-refractivity contribution in [3.05, 3.63) is 47.4 Å². The summed E-state index contributed by atoms with van der Waals surface area (Å²) in [5, 5.41) is 2.71. The monoisotopic (exact) mass is 476 g/mol. The lowest BCUT2D eigenvalue weighted by Crippen LogP contribution is -2.39. The highest BCUT2D eigenvalue weighted by molar-refractivity contribution is 6.04. The van der Waals surface area contributed by atoms with Gasteiger partial charge in [0.15, 0.2) is 5.76 Å². The molecule has 2 saturated heterocycles. The van der Waals surface area contributed by atoms with Crippen LogP contribution in [0.2, 0.25) is 0 Å². The van der Waals surface area contributed by atoms with Crippen molar-refractivity contribution in [2.75, 3.05) is 36.5 Å². The molecule has 2 aromatic rings. The molecule has 0 unspecified atom stereocenters. The summed E-state index contributed by atoms with van der Waals surface area (Å²) in [5.74, 6) is 0.475. The number of carbonyl (C=O) groups is 1. The highest BCUT2D eigenvalue weighted by Gasteiger charge is 2.38. The average Bonchev–Trinajstić information content (AvgIpc) is 3.50. The lowest BCUT2D eigenvalue weighted by molar-refractivity contribution is -0.137. The van der Waals surface area contributed by atoms with Gasteiger partial charge in [0, 0.05) is 32.2 Å². The lowest BCUT2D eigenvalue weighted by Gasteiger charge is -2.41. The Morgan fingerprint density at radius 2 is 1.71 bits per heavy atom. The third-order valence-electron chi connectivity index (χ3n) is 7.88. The first-order chi connectivity index (χ1) is 16.3. The molecule has 3 aliphatic rings. The molecule has 2 aliphatic heterocycles. The Bertz CT molecular complexity index is 1010. The van der Waals surface area contributed by atoms with Crippen LogP contribution in [0.25, 0.3) is 0 Å². The Morgan fingerprint density at radius 3 is 2.38 bits per heavy atom. The van der Waals surface area contributed by atoms with E-state index in [0.717, 1.165) is 56.7 Å². The van der Waals surface area contributed by atoms with Crippen molar-refractivity contribution >= 4 is 17.3 Å². The summed E-state index contributed by atoms with van der Waals surface area (Å²) in [5.41, 5.74) is 0.412. The zero-order valence-corrected chi connectivity index (χ0v) is 19.3. The number of piperidine rings is 1. The maximum atomic E-state index is 13.5. The van der Waals surface area contributed by atoms with Gasteiger partial charge in [-0.15, -0.1) is 0 Å². The summed E-state index contributed by atoms with van der Waals surface area (Å²) >= 11 is 0. The fraction of sp³-hybridized carbons (Fsp3) is 0.577. The van der Waals surface area contributed by atoms with Crippen LogP contribution in [0.4, 0.5) is 24.5 Å². The van der Waals surface area contributed by atoms with E-state index in [2.05, 4.69) is 10.2 Å². The van der Waals surface area contributed by atoms with E-state index in [1.807, 2.05) is 0 Å². The van der Waals surface area contributed by atoms with Crippen LogP contribution >= 0.6 is 0 Å². The largest absolute Gasteiger partial charge is 0.456 e. The Morgan fingerprint density at radius 1 is 1.00 bits per heavy atom. The van der Waals surface area contributed by atoms with Crippen molar-refractivity contribution in [3.63, 3.8) is 0 Å². The predicted octanol–water partition coefficient (Wildman–Crippen LogP) is 6.61. The smallest absolute Gasteiger partial charge is 0.416 e. The van der Waals surface area contributed by atoms with Gasteiger partial charge in [0.05, 0.1) is 16.9 Å². The van der Waals surface area contributed by atoms with E-state index >= 15 is 0 Å². The highest BCUT2D eigenvalue weighted by atomic mass is 19.4. The molecule has 0 atom stereocenters. The summed E-state index contributed by atoms with van der Waals surface area (Å²) in [6, 6.07) is 7.00. The number of carbonyl (C=O) groups excluding carboxylic acids is 1. The molecular formula is C26H31F3N2O3. The number of benzene rings is 1. The molecule has 34 heavy (non-hydrogen) atoms.